The predicted molar refractivity (Wildman–Crippen MR) is 166 cm³/mol. The number of aliphatic hydroxyl groups is 5. The van der Waals surface area contributed by atoms with E-state index < -0.39 is 66.7 Å². The van der Waals surface area contributed by atoms with Gasteiger partial charge in [0.25, 0.3) is 0 Å². The first-order valence-electron chi connectivity index (χ1n) is 16.2. The molecule has 0 saturated carbocycles. The van der Waals surface area contributed by atoms with E-state index in [0.29, 0.717) is 25.7 Å². The molecule has 1 aliphatic heterocycles. The minimum Gasteiger partial charge on any atom is -0.461 e. The van der Waals surface area contributed by atoms with Crippen molar-refractivity contribution in [3.8, 4) is 0 Å². The third-order valence-electron chi connectivity index (χ3n) is 9.46. The lowest BCUT2D eigenvalue weighted by Gasteiger charge is -2.44. The Hall–Kier alpha value is -2.61. The van der Waals surface area contributed by atoms with Gasteiger partial charge in [0, 0.05) is 5.92 Å². The van der Waals surface area contributed by atoms with Crippen LogP contribution < -0.4 is 0 Å². The summed E-state index contributed by atoms with van der Waals surface area (Å²) >= 11 is 0. The highest BCUT2D eigenvalue weighted by Crippen LogP contribution is 2.45. The van der Waals surface area contributed by atoms with Crippen LogP contribution in [0.4, 0.5) is 0 Å². The first-order chi connectivity index (χ1) is 21.6. The Labute approximate surface area is 271 Å². The molecule has 260 valence electrons. The van der Waals surface area contributed by atoms with E-state index in [1.807, 2.05) is 20.8 Å². The molecule has 3 aliphatic rings. The summed E-state index contributed by atoms with van der Waals surface area (Å²) in [6.45, 7) is 13.1. The van der Waals surface area contributed by atoms with Crippen LogP contribution in [0.1, 0.15) is 73.1 Å². The largest absolute Gasteiger partial charge is 0.461 e. The number of fused-ring (bicyclic) bond motifs is 1. The van der Waals surface area contributed by atoms with Crippen molar-refractivity contribution < 1.29 is 58.9 Å². The number of rotatable bonds is 14. The van der Waals surface area contributed by atoms with Crippen LogP contribution in [0.5, 0.6) is 0 Å². The van der Waals surface area contributed by atoms with Gasteiger partial charge < -0.3 is 44.5 Å². The monoisotopic (exact) mass is 652 g/mol. The molecule has 46 heavy (non-hydrogen) atoms. The Bertz CT molecular complexity index is 1130. The van der Waals surface area contributed by atoms with E-state index in [0.717, 1.165) is 5.57 Å². The van der Waals surface area contributed by atoms with Crippen molar-refractivity contribution in [1.29, 1.82) is 0 Å². The van der Waals surface area contributed by atoms with E-state index in [2.05, 4.69) is 38.7 Å². The van der Waals surface area contributed by atoms with Crippen molar-refractivity contribution in [2.75, 3.05) is 6.61 Å². The standard InChI is InChI=1S/C34H52O12/c1-7-13-43-31(41)30-28(39)27(38)29(40)32(46-30)45-25(37)17-22(36)16-21(35)11-12-23-19(4)9-10-20-14-18(3)15-24(26(20)23)44-33(42)34(5,6)8-2/h7,9-10,14,18-19,21-24,26-30,32,35-36,38-40H,1,8,11-13,15-17H2,2-6H3/t18-,19-,21+,22+,23-,24-,26-,27-,28-,29+,30-,32+/m0/s1. The zero-order valence-corrected chi connectivity index (χ0v) is 27.5. The van der Waals surface area contributed by atoms with Crippen LogP contribution in [0.3, 0.4) is 0 Å². The molecule has 3 rings (SSSR count). The molecule has 0 amide bonds. The second-order valence-corrected chi connectivity index (χ2v) is 13.6. The quantitative estimate of drug-likeness (QED) is 0.105. The van der Waals surface area contributed by atoms with Crippen molar-refractivity contribution in [3.05, 3.63) is 36.5 Å². The van der Waals surface area contributed by atoms with Gasteiger partial charge in [-0.05, 0) is 69.3 Å². The minimum atomic E-state index is -1.87. The average molecular weight is 653 g/mol. The smallest absolute Gasteiger partial charge is 0.338 e. The highest BCUT2D eigenvalue weighted by Gasteiger charge is 2.49. The molecule has 12 nitrogen and oxygen atoms in total. The van der Waals surface area contributed by atoms with Gasteiger partial charge in [0.05, 0.1) is 24.0 Å². The molecule has 12 atom stereocenters. The molecule has 5 N–H and O–H groups in total. The molecule has 0 radical (unpaired) electrons. The number of ether oxygens (including phenoxy) is 4. The van der Waals surface area contributed by atoms with Crippen molar-refractivity contribution >= 4 is 17.9 Å². The van der Waals surface area contributed by atoms with Crippen LogP contribution in [0.15, 0.2) is 36.5 Å². The molecule has 1 saturated heterocycles. The first-order valence-corrected chi connectivity index (χ1v) is 16.2. The summed E-state index contributed by atoms with van der Waals surface area (Å²) in [6.07, 6.45) is -2.29. The number of carbonyl (C=O) groups excluding carboxylic acids is 3. The fourth-order valence-electron chi connectivity index (χ4n) is 6.30. The molecule has 0 aromatic heterocycles. The summed E-state index contributed by atoms with van der Waals surface area (Å²) < 4.78 is 21.2. The van der Waals surface area contributed by atoms with Crippen molar-refractivity contribution in [2.24, 2.45) is 29.1 Å². The van der Waals surface area contributed by atoms with Gasteiger partial charge in [-0.3, -0.25) is 9.59 Å². The summed E-state index contributed by atoms with van der Waals surface area (Å²) in [5.74, 6) is -1.80. The second-order valence-electron chi connectivity index (χ2n) is 13.6. The molecule has 0 aromatic carbocycles. The van der Waals surface area contributed by atoms with Gasteiger partial charge in [-0.1, -0.05) is 51.7 Å². The topological polar surface area (TPSA) is 189 Å². The van der Waals surface area contributed by atoms with Gasteiger partial charge in [0.15, 0.2) is 6.10 Å². The van der Waals surface area contributed by atoms with Gasteiger partial charge >= 0.3 is 17.9 Å². The summed E-state index contributed by atoms with van der Waals surface area (Å²) in [7, 11) is 0. The van der Waals surface area contributed by atoms with Crippen molar-refractivity contribution in [2.45, 2.75) is 122 Å². The number of carbonyl (C=O) groups is 3. The maximum absolute atomic E-state index is 13.0. The highest BCUT2D eigenvalue weighted by molar-refractivity contribution is 5.76. The van der Waals surface area contributed by atoms with E-state index in [1.54, 1.807) is 0 Å². The first kappa shape index (κ1) is 37.8. The lowest BCUT2D eigenvalue weighted by atomic mass is 9.65. The van der Waals surface area contributed by atoms with Crippen molar-refractivity contribution in [3.63, 3.8) is 0 Å². The minimum absolute atomic E-state index is 0.0198. The Morgan fingerprint density at radius 2 is 1.78 bits per heavy atom. The van der Waals surface area contributed by atoms with E-state index >= 15 is 0 Å². The third-order valence-corrected chi connectivity index (χ3v) is 9.46. The van der Waals surface area contributed by atoms with Gasteiger partial charge in [-0.15, -0.1) is 0 Å². The van der Waals surface area contributed by atoms with Crippen LogP contribution in [-0.4, -0.2) is 99.1 Å². The molecule has 12 heteroatoms. The van der Waals surface area contributed by atoms with Gasteiger partial charge in [-0.2, -0.15) is 0 Å². The zero-order chi connectivity index (χ0) is 34.3. The summed E-state index contributed by atoms with van der Waals surface area (Å²) in [4.78, 5) is 37.8. The number of aliphatic hydroxyl groups excluding tert-OH is 5. The van der Waals surface area contributed by atoms with E-state index in [1.165, 1.54) is 6.08 Å². The molecule has 1 fully saturated rings. The van der Waals surface area contributed by atoms with Gasteiger partial charge in [0.2, 0.25) is 6.29 Å². The summed E-state index contributed by atoms with van der Waals surface area (Å²) in [5.41, 5.74) is 0.539. The molecule has 1 heterocycles. The fraction of sp³-hybridized carbons (Fsp3) is 0.735. The average Bonchev–Trinajstić information content (AvgIpc) is 2.99. The Balaban J connectivity index is 1.56. The Morgan fingerprint density at radius 3 is 2.43 bits per heavy atom. The van der Waals surface area contributed by atoms with E-state index in [-0.39, 0.29) is 48.8 Å². The highest BCUT2D eigenvalue weighted by atomic mass is 16.7. The number of hydrogen-bond donors (Lipinski definition) is 5. The maximum atomic E-state index is 13.0. The van der Waals surface area contributed by atoms with Crippen LogP contribution in [0.2, 0.25) is 0 Å². The van der Waals surface area contributed by atoms with Gasteiger partial charge in [-0.25, -0.2) is 4.79 Å². The van der Waals surface area contributed by atoms with Crippen LogP contribution >= 0.6 is 0 Å². The molecule has 0 spiro atoms. The molecule has 2 aliphatic carbocycles. The fourth-order valence-corrected chi connectivity index (χ4v) is 6.30. The molecular formula is C34H52O12. The Morgan fingerprint density at radius 1 is 1.09 bits per heavy atom. The van der Waals surface area contributed by atoms with Crippen molar-refractivity contribution in [1.82, 2.24) is 0 Å². The third kappa shape index (κ3) is 9.48. The molecule has 0 unspecified atom stereocenters. The van der Waals surface area contributed by atoms with Crippen LogP contribution in [0.25, 0.3) is 0 Å². The lowest BCUT2D eigenvalue weighted by Crippen LogP contribution is -2.61. The molecule has 0 bridgehead atoms. The normalized spacial score (nSPS) is 34.0. The molecular weight excluding hydrogens is 600 g/mol. The van der Waals surface area contributed by atoms with Crippen LogP contribution in [0, 0.1) is 29.1 Å². The number of esters is 3. The number of allylic oxidation sites excluding steroid dienone is 3. The maximum Gasteiger partial charge on any atom is 0.338 e. The number of hydrogen-bond acceptors (Lipinski definition) is 12. The SMILES string of the molecule is C=CCOC(=O)[C@H]1O[C@@H](OC(=O)C[C@H](O)C[C@H](O)CC[C@@H]2[C@@H]3C(=C[C@H](C)C[C@@H]3OC(=O)C(C)(C)CC)C=C[C@@H]2C)[C@H](O)[C@@H](O)[C@@H]1O. The van der Waals surface area contributed by atoms with Gasteiger partial charge in [0.1, 0.15) is 31.0 Å². The predicted octanol–water partition coefficient (Wildman–Crippen LogP) is 2.10. The second kappa shape index (κ2) is 16.5. The Kier molecular flexibility index (Phi) is 13.6. The molecule has 0 aromatic rings. The van der Waals surface area contributed by atoms with Crippen LogP contribution in [-0.2, 0) is 33.3 Å². The summed E-state index contributed by atoms with van der Waals surface area (Å²) in [6, 6.07) is 0. The zero-order valence-electron chi connectivity index (χ0n) is 27.5. The van der Waals surface area contributed by atoms with E-state index in [9.17, 15) is 39.9 Å². The van der Waals surface area contributed by atoms with E-state index in [4.69, 9.17) is 18.9 Å². The lowest BCUT2D eigenvalue weighted by molar-refractivity contribution is -0.287. The summed E-state index contributed by atoms with van der Waals surface area (Å²) in [5, 5.41) is 51.8.